The summed E-state index contributed by atoms with van der Waals surface area (Å²) >= 11 is 0. The molecule has 0 aliphatic heterocycles. The molecule has 0 spiro atoms. The average molecular weight is 239 g/mol. The van der Waals surface area contributed by atoms with Crippen LogP contribution < -0.4 is 5.73 Å². The van der Waals surface area contributed by atoms with Gasteiger partial charge in [-0.3, -0.25) is 0 Å². The van der Waals surface area contributed by atoms with Crippen LogP contribution in [0.5, 0.6) is 0 Å². The molecule has 1 unspecified atom stereocenters. The van der Waals surface area contributed by atoms with Gasteiger partial charge in [-0.05, 0) is 42.4 Å². The third-order valence-corrected chi connectivity index (χ3v) is 4.27. The first-order chi connectivity index (χ1) is 8.09. The van der Waals surface area contributed by atoms with E-state index in [0.717, 1.165) is 19.3 Å². The largest absolute Gasteiger partial charge is 0.323 e. The zero-order valence-corrected chi connectivity index (χ0v) is 10.2. The molecule has 1 aliphatic rings. The highest BCUT2D eigenvalue weighted by Gasteiger charge is 2.38. The van der Waals surface area contributed by atoms with Gasteiger partial charge in [-0.25, -0.2) is 8.78 Å². The molecule has 1 fully saturated rings. The van der Waals surface area contributed by atoms with Crippen molar-refractivity contribution in [1.29, 1.82) is 0 Å². The topological polar surface area (TPSA) is 26.0 Å². The predicted octanol–water partition coefficient (Wildman–Crippen LogP) is 3.94. The van der Waals surface area contributed by atoms with Crippen molar-refractivity contribution in [3.63, 3.8) is 0 Å². The van der Waals surface area contributed by atoms with Crippen LogP contribution in [0.4, 0.5) is 8.78 Å². The van der Waals surface area contributed by atoms with Crippen LogP contribution in [0.3, 0.4) is 0 Å². The molecule has 1 aliphatic carbocycles. The molecule has 0 amide bonds. The monoisotopic (exact) mass is 239 g/mol. The first-order valence-electron chi connectivity index (χ1n) is 6.29. The lowest BCUT2D eigenvalue weighted by Crippen LogP contribution is -2.31. The number of hydrogen-bond donors (Lipinski definition) is 1. The van der Waals surface area contributed by atoms with Gasteiger partial charge in [0.25, 0.3) is 0 Å². The van der Waals surface area contributed by atoms with Gasteiger partial charge >= 0.3 is 0 Å². The second-order valence-corrected chi connectivity index (χ2v) is 5.07. The minimum Gasteiger partial charge on any atom is -0.323 e. The zero-order chi connectivity index (χ0) is 12.5. The van der Waals surface area contributed by atoms with Gasteiger partial charge < -0.3 is 5.73 Å². The molecule has 2 N–H and O–H groups in total. The van der Waals surface area contributed by atoms with Crippen molar-refractivity contribution in [2.24, 2.45) is 11.1 Å². The molecule has 0 bridgehead atoms. The molecule has 3 heteroatoms. The van der Waals surface area contributed by atoms with Gasteiger partial charge in [0.15, 0.2) is 11.6 Å². The van der Waals surface area contributed by atoms with Crippen molar-refractivity contribution in [2.75, 3.05) is 0 Å². The van der Waals surface area contributed by atoms with E-state index in [1.54, 1.807) is 6.07 Å². The van der Waals surface area contributed by atoms with Gasteiger partial charge in [-0.2, -0.15) is 0 Å². The molecule has 1 aromatic rings. The van der Waals surface area contributed by atoms with Gasteiger partial charge in [0.1, 0.15) is 0 Å². The molecule has 1 aromatic carbocycles. The van der Waals surface area contributed by atoms with Crippen LogP contribution in [0.2, 0.25) is 0 Å². The maximum atomic E-state index is 13.2. The zero-order valence-electron chi connectivity index (χ0n) is 10.2. The summed E-state index contributed by atoms with van der Waals surface area (Å²) in [5, 5.41) is 0. The summed E-state index contributed by atoms with van der Waals surface area (Å²) in [7, 11) is 0. The summed E-state index contributed by atoms with van der Waals surface area (Å²) in [4.78, 5) is 0. The van der Waals surface area contributed by atoms with Crippen molar-refractivity contribution < 1.29 is 8.78 Å². The number of nitrogens with two attached hydrogens (primary N) is 1. The molecule has 1 saturated carbocycles. The maximum absolute atomic E-state index is 13.2. The number of benzene rings is 1. The van der Waals surface area contributed by atoms with Crippen LogP contribution in [0, 0.1) is 17.0 Å². The standard InChI is InChI=1S/C14H19F2N/c1-2-14(7-3-4-8-14)13(17)10-5-6-11(15)12(16)9-10/h5-6,9,13H,2-4,7-8,17H2,1H3. The third kappa shape index (κ3) is 2.21. The highest BCUT2D eigenvalue weighted by atomic mass is 19.2. The van der Waals surface area contributed by atoms with E-state index in [2.05, 4.69) is 6.92 Å². The average Bonchev–Trinajstić information content (AvgIpc) is 2.81. The minimum atomic E-state index is -0.807. The molecule has 0 aromatic heterocycles. The molecular formula is C14H19F2N. The quantitative estimate of drug-likeness (QED) is 0.849. The maximum Gasteiger partial charge on any atom is 0.159 e. The molecule has 1 atom stereocenters. The van der Waals surface area contributed by atoms with E-state index in [-0.39, 0.29) is 11.5 Å². The van der Waals surface area contributed by atoms with Gasteiger partial charge in [0.05, 0.1) is 0 Å². The van der Waals surface area contributed by atoms with Crippen LogP contribution >= 0.6 is 0 Å². The van der Waals surface area contributed by atoms with Crippen molar-refractivity contribution in [2.45, 2.75) is 45.1 Å². The highest BCUT2D eigenvalue weighted by Crippen LogP contribution is 2.48. The second-order valence-electron chi connectivity index (χ2n) is 5.07. The number of rotatable bonds is 3. The summed E-state index contributed by atoms with van der Waals surface area (Å²) in [6, 6.07) is 3.84. The fourth-order valence-corrected chi connectivity index (χ4v) is 3.02. The van der Waals surface area contributed by atoms with Crippen molar-refractivity contribution in [3.8, 4) is 0 Å². The Morgan fingerprint density at radius 1 is 1.24 bits per heavy atom. The van der Waals surface area contributed by atoms with Crippen molar-refractivity contribution >= 4 is 0 Å². The Bertz CT molecular complexity index is 397. The lowest BCUT2D eigenvalue weighted by atomic mass is 9.74. The van der Waals surface area contributed by atoms with E-state index in [1.165, 1.54) is 25.0 Å². The number of hydrogen-bond acceptors (Lipinski definition) is 1. The molecule has 2 rings (SSSR count). The molecule has 0 radical (unpaired) electrons. The Labute approximate surface area is 101 Å². The molecule has 0 heterocycles. The van der Waals surface area contributed by atoms with E-state index >= 15 is 0 Å². The first-order valence-corrected chi connectivity index (χ1v) is 6.29. The van der Waals surface area contributed by atoms with Gasteiger partial charge in [0.2, 0.25) is 0 Å². The lowest BCUT2D eigenvalue weighted by molar-refractivity contribution is 0.221. The van der Waals surface area contributed by atoms with Crippen LogP contribution in [-0.2, 0) is 0 Å². The fourth-order valence-electron chi connectivity index (χ4n) is 3.02. The van der Waals surface area contributed by atoms with Crippen LogP contribution in [0.15, 0.2) is 18.2 Å². The summed E-state index contributed by atoms with van der Waals surface area (Å²) in [5.41, 5.74) is 7.06. The normalized spacial score (nSPS) is 20.5. The van der Waals surface area contributed by atoms with E-state index in [1.807, 2.05) is 0 Å². The van der Waals surface area contributed by atoms with Crippen LogP contribution in [-0.4, -0.2) is 0 Å². The van der Waals surface area contributed by atoms with Gasteiger partial charge in [0, 0.05) is 6.04 Å². The molecular weight excluding hydrogens is 220 g/mol. The molecule has 94 valence electrons. The SMILES string of the molecule is CCC1(C(N)c2ccc(F)c(F)c2)CCCC1. The molecule has 1 nitrogen and oxygen atoms in total. The predicted molar refractivity (Wildman–Crippen MR) is 64.5 cm³/mol. The fraction of sp³-hybridized carbons (Fsp3) is 0.571. The molecule has 0 saturated heterocycles. The summed E-state index contributed by atoms with van der Waals surface area (Å²) in [6.45, 7) is 2.13. The molecule has 17 heavy (non-hydrogen) atoms. The summed E-state index contributed by atoms with van der Waals surface area (Å²) in [5.74, 6) is -1.61. The highest BCUT2D eigenvalue weighted by molar-refractivity contribution is 5.23. The van der Waals surface area contributed by atoms with E-state index in [0.29, 0.717) is 5.56 Å². The van der Waals surface area contributed by atoms with Crippen molar-refractivity contribution in [3.05, 3.63) is 35.4 Å². The van der Waals surface area contributed by atoms with E-state index < -0.39 is 11.6 Å². The Kier molecular flexibility index (Phi) is 3.48. The Morgan fingerprint density at radius 3 is 2.41 bits per heavy atom. The van der Waals surface area contributed by atoms with Crippen LogP contribution in [0.25, 0.3) is 0 Å². The minimum absolute atomic E-state index is 0.0737. The smallest absolute Gasteiger partial charge is 0.159 e. The first kappa shape index (κ1) is 12.5. The number of halogens is 2. The van der Waals surface area contributed by atoms with Gasteiger partial charge in [-0.1, -0.05) is 25.8 Å². The van der Waals surface area contributed by atoms with E-state index in [9.17, 15) is 8.78 Å². The Morgan fingerprint density at radius 2 is 1.88 bits per heavy atom. The summed E-state index contributed by atoms with van der Waals surface area (Å²) < 4.78 is 26.1. The summed E-state index contributed by atoms with van der Waals surface area (Å²) in [6.07, 6.45) is 5.54. The third-order valence-electron chi connectivity index (χ3n) is 4.27. The van der Waals surface area contributed by atoms with Gasteiger partial charge in [-0.15, -0.1) is 0 Å². The second kappa shape index (κ2) is 4.73. The van der Waals surface area contributed by atoms with E-state index in [4.69, 9.17) is 5.73 Å². The van der Waals surface area contributed by atoms with Crippen molar-refractivity contribution in [1.82, 2.24) is 0 Å². The van der Waals surface area contributed by atoms with Crippen LogP contribution in [0.1, 0.15) is 50.6 Å². The Hall–Kier alpha value is -0.960. The lowest BCUT2D eigenvalue weighted by Gasteiger charge is -2.34. The Balaban J connectivity index is 2.29.